The van der Waals surface area contributed by atoms with Crippen molar-refractivity contribution in [2.45, 2.75) is 57.6 Å². The molecular formula is C30H37N3O5S. The Balaban J connectivity index is 2.01. The van der Waals surface area contributed by atoms with Crippen molar-refractivity contribution in [1.82, 2.24) is 10.2 Å². The molecule has 0 aromatic heterocycles. The average molecular weight is 552 g/mol. The van der Waals surface area contributed by atoms with Crippen molar-refractivity contribution < 1.29 is 22.7 Å². The molecule has 1 N–H and O–H groups in total. The SMILES string of the molecule is CCC(C)NC(=O)C(C)N(Cc1ccc(OC)cc1)C(=O)CN(c1cccc(C)c1)S(=O)(=O)c1ccccc1. The molecule has 39 heavy (non-hydrogen) atoms. The van der Waals surface area contributed by atoms with Gasteiger partial charge in [-0.2, -0.15) is 0 Å². The van der Waals surface area contributed by atoms with E-state index >= 15 is 0 Å². The number of sulfonamides is 1. The Morgan fingerprint density at radius 2 is 1.62 bits per heavy atom. The molecule has 0 heterocycles. The van der Waals surface area contributed by atoms with Crippen LogP contribution in [0, 0.1) is 6.92 Å². The Morgan fingerprint density at radius 1 is 0.949 bits per heavy atom. The number of nitrogens with one attached hydrogen (secondary N) is 1. The number of carbonyl (C=O) groups is 2. The van der Waals surface area contributed by atoms with Gasteiger partial charge in [-0.25, -0.2) is 8.42 Å². The third kappa shape index (κ3) is 7.60. The maximum Gasteiger partial charge on any atom is 0.264 e. The summed E-state index contributed by atoms with van der Waals surface area (Å²) in [6.45, 7) is 7.01. The van der Waals surface area contributed by atoms with Crippen LogP contribution in [-0.4, -0.2) is 50.9 Å². The molecular weight excluding hydrogens is 514 g/mol. The van der Waals surface area contributed by atoms with Crippen LogP contribution in [0.2, 0.25) is 0 Å². The molecule has 0 saturated carbocycles. The van der Waals surface area contributed by atoms with Crippen LogP contribution in [0.4, 0.5) is 5.69 Å². The molecule has 0 fully saturated rings. The zero-order valence-electron chi connectivity index (χ0n) is 23.1. The Morgan fingerprint density at radius 3 is 2.21 bits per heavy atom. The number of amides is 2. The lowest BCUT2D eigenvalue weighted by Crippen LogP contribution is -2.52. The number of rotatable bonds is 12. The van der Waals surface area contributed by atoms with E-state index in [2.05, 4.69) is 5.32 Å². The van der Waals surface area contributed by atoms with Crippen LogP contribution in [-0.2, 0) is 26.2 Å². The Hall–Kier alpha value is -3.85. The number of anilines is 1. The molecule has 208 valence electrons. The summed E-state index contributed by atoms with van der Waals surface area (Å²) in [6.07, 6.45) is 0.737. The molecule has 0 spiro atoms. The summed E-state index contributed by atoms with van der Waals surface area (Å²) in [5.74, 6) is -0.142. The van der Waals surface area contributed by atoms with Crippen molar-refractivity contribution in [1.29, 1.82) is 0 Å². The van der Waals surface area contributed by atoms with E-state index in [0.717, 1.165) is 21.9 Å². The number of methoxy groups -OCH3 is 1. The smallest absolute Gasteiger partial charge is 0.264 e. The van der Waals surface area contributed by atoms with E-state index in [1.165, 1.54) is 17.0 Å². The van der Waals surface area contributed by atoms with Gasteiger partial charge in [0.15, 0.2) is 0 Å². The van der Waals surface area contributed by atoms with Gasteiger partial charge in [0.2, 0.25) is 11.8 Å². The molecule has 0 aliphatic rings. The van der Waals surface area contributed by atoms with Gasteiger partial charge in [0.25, 0.3) is 10.0 Å². The number of ether oxygens (including phenoxy) is 1. The lowest BCUT2D eigenvalue weighted by atomic mass is 10.1. The van der Waals surface area contributed by atoms with Gasteiger partial charge in [-0.3, -0.25) is 13.9 Å². The highest BCUT2D eigenvalue weighted by Crippen LogP contribution is 2.25. The first-order valence-electron chi connectivity index (χ1n) is 12.9. The van der Waals surface area contributed by atoms with Gasteiger partial charge in [0.05, 0.1) is 17.7 Å². The van der Waals surface area contributed by atoms with Crippen LogP contribution in [0.5, 0.6) is 5.75 Å². The zero-order chi connectivity index (χ0) is 28.6. The van der Waals surface area contributed by atoms with Crippen LogP contribution >= 0.6 is 0 Å². The van der Waals surface area contributed by atoms with Gasteiger partial charge >= 0.3 is 0 Å². The van der Waals surface area contributed by atoms with Crippen molar-refractivity contribution >= 4 is 27.5 Å². The highest BCUT2D eigenvalue weighted by atomic mass is 32.2. The van der Waals surface area contributed by atoms with Gasteiger partial charge in [-0.15, -0.1) is 0 Å². The predicted octanol–water partition coefficient (Wildman–Crippen LogP) is 4.53. The summed E-state index contributed by atoms with van der Waals surface area (Å²) in [4.78, 5) is 28.5. The standard InChI is InChI=1S/C30H37N3O5S/c1-6-23(3)31-30(35)24(4)32(20-25-15-17-27(38-5)18-16-25)29(34)21-33(26-12-10-11-22(2)19-26)39(36,37)28-13-8-7-9-14-28/h7-19,23-24H,6,20-21H2,1-5H3,(H,31,35). The fraction of sp³-hybridized carbons (Fsp3) is 0.333. The van der Waals surface area contributed by atoms with Crippen molar-refractivity contribution in [3.8, 4) is 5.75 Å². The number of hydrogen-bond donors (Lipinski definition) is 1. The van der Waals surface area contributed by atoms with E-state index < -0.39 is 28.5 Å². The van der Waals surface area contributed by atoms with Gasteiger partial charge < -0.3 is 15.0 Å². The largest absolute Gasteiger partial charge is 0.497 e. The fourth-order valence-electron chi connectivity index (χ4n) is 4.01. The van der Waals surface area contributed by atoms with Crippen LogP contribution < -0.4 is 14.4 Å². The summed E-state index contributed by atoms with van der Waals surface area (Å²) in [5, 5.41) is 2.93. The molecule has 2 unspecified atom stereocenters. The molecule has 8 nitrogen and oxygen atoms in total. The van der Waals surface area contributed by atoms with E-state index in [0.29, 0.717) is 11.4 Å². The van der Waals surface area contributed by atoms with Gasteiger partial charge in [0.1, 0.15) is 18.3 Å². The first-order chi connectivity index (χ1) is 18.6. The second kappa shape index (κ2) is 13.3. The van der Waals surface area contributed by atoms with Crippen LogP contribution in [0.15, 0.2) is 83.8 Å². The van der Waals surface area contributed by atoms with Crippen molar-refractivity contribution in [2.24, 2.45) is 0 Å². The molecule has 3 aromatic carbocycles. The zero-order valence-corrected chi connectivity index (χ0v) is 23.9. The lowest BCUT2D eigenvalue weighted by molar-refractivity contribution is -0.139. The topological polar surface area (TPSA) is 96.0 Å². The maximum atomic E-state index is 13.9. The van der Waals surface area contributed by atoms with E-state index in [4.69, 9.17) is 4.74 Å². The van der Waals surface area contributed by atoms with Crippen LogP contribution in [0.25, 0.3) is 0 Å². The van der Waals surface area contributed by atoms with E-state index in [9.17, 15) is 18.0 Å². The lowest BCUT2D eigenvalue weighted by Gasteiger charge is -2.32. The summed E-state index contributed by atoms with van der Waals surface area (Å²) in [6, 6.07) is 21.3. The normalized spacial score (nSPS) is 12.7. The summed E-state index contributed by atoms with van der Waals surface area (Å²) in [7, 11) is -2.51. The van der Waals surface area contributed by atoms with Crippen molar-refractivity contribution in [3.05, 3.63) is 90.0 Å². The maximum absolute atomic E-state index is 13.9. The molecule has 0 bridgehead atoms. The second-order valence-electron chi connectivity index (χ2n) is 9.53. The summed E-state index contributed by atoms with van der Waals surface area (Å²) >= 11 is 0. The van der Waals surface area contributed by atoms with Crippen LogP contribution in [0.3, 0.4) is 0 Å². The number of nitrogens with zero attached hydrogens (tertiary/aromatic N) is 2. The molecule has 0 saturated heterocycles. The first kappa shape index (κ1) is 29.7. The predicted molar refractivity (Wildman–Crippen MR) is 153 cm³/mol. The minimum atomic E-state index is -4.08. The molecule has 0 aliphatic carbocycles. The second-order valence-corrected chi connectivity index (χ2v) is 11.4. The Kier molecular flexibility index (Phi) is 10.1. The number of aryl methyl sites for hydroxylation is 1. The molecule has 2 amide bonds. The Labute approximate surface area is 231 Å². The summed E-state index contributed by atoms with van der Waals surface area (Å²) < 4.78 is 33.9. The number of hydrogen-bond acceptors (Lipinski definition) is 5. The molecule has 0 aliphatic heterocycles. The third-order valence-electron chi connectivity index (χ3n) is 6.58. The minimum absolute atomic E-state index is 0.0693. The van der Waals surface area contributed by atoms with Gasteiger partial charge in [0, 0.05) is 12.6 Å². The van der Waals surface area contributed by atoms with Gasteiger partial charge in [-0.1, -0.05) is 49.4 Å². The van der Waals surface area contributed by atoms with Crippen molar-refractivity contribution in [3.63, 3.8) is 0 Å². The first-order valence-corrected chi connectivity index (χ1v) is 14.4. The van der Waals surface area contributed by atoms with E-state index in [1.54, 1.807) is 62.6 Å². The minimum Gasteiger partial charge on any atom is -0.497 e. The monoisotopic (exact) mass is 551 g/mol. The van der Waals surface area contributed by atoms with E-state index in [1.807, 2.05) is 39.0 Å². The number of benzene rings is 3. The third-order valence-corrected chi connectivity index (χ3v) is 8.37. The highest BCUT2D eigenvalue weighted by Gasteiger charge is 2.32. The molecule has 3 aromatic rings. The number of carbonyl (C=O) groups excluding carboxylic acids is 2. The van der Waals surface area contributed by atoms with Crippen molar-refractivity contribution in [2.75, 3.05) is 18.0 Å². The molecule has 0 radical (unpaired) electrons. The molecule has 9 heteroatoms. The summed E-state index contributed by atoms with van der Waals surface area (Å²) in [5.41, 5.74) is 2.00. The van der Waals surface area contributed by atoms with E-state index in [-0.39, 0.29) is 23.4 Å². The molecule has 3 rings (SSSR count). The average Bonchev–Trinajstić information content (AvgIpc) is 2.94. The quantitative estimate of drug-likeness (QED) is 0.357. The van der Waals surface area contributed by atoms with Gasteiger partial charge in [-0.05, 0) is 74.7 Å². The Bertz CT molecular complexity index is 1360. The fourth-order valence-corrected chi connectivity index (χ4v) is 5.43. The van der Waals surface area contributed by atoms with Crippen LogP contribution in [0.1, 0.15) is 38.3 Å². The highest BCUT2D eigenvalue weighted by molar-refractivity contribution is 7.92. The molecule has 2 atom stereocenters.